The average Bonchev–Trinajstić information content (AvgIpc) is 2.61. The van der Waals surface area contributed by atoms with Gasteiger partial charge in [0.2, 0.25) is 5.91 Å². The summed E-state index contributed by atoms with van der Waals surface area (Å²) in [4.78, 5) is 16.8. The van der Waals surface area contributed by atoms with Gasteiger partial charge in [-0.15, -0.1) is 6.58 Å². The van der Waals surface area contributed by atoms with E-state index in [2.05, 4.69) is 11.6 Å². The third kappa shape index (κ3) is 2.55. The Morgan fingerprint density at radius 2 is 2.35 bits per heavy atom. The summed E-state index contributed by atoms with van der Waals surface area (Å²) in [6.07, 6.45) is 1.70. The van der Waals surface area contributed by atoms with E-state index in [0.29, 0.717) is 11.7 Å². The van der Waals surface area contributed by atoms with Gasteiger partial charge in [0, 0.05) is 18.7 Å². The Hall–Kier alpha value is -0.820. The van der Waals surface area contributed by atoms with E-state index in [9.17, 15) is 13.2 Å². The van der Waals surface area contributed by atoms with E-state index in [1.165, 1.54) is 18.7 Å². The molecule has 0 unspecified atom stereocenters. The molecule has 2 fully saturated rings. The molecule has 0 spiro atoms. The van der Waals surface area contributed by atoms with Crippen LogP contribution in [0.2, 0.25) is 0 Å². The number of sulfone groups is 1. The van der Waals surface area contributed by atoms with E-state index in [1.54, 1.807) is 6.08 Å². The SMILES string of the molecule is C=CCN1C(=NC(C)=O)S[C@@H]2CS(=O)(=O)C[C@H]21. The topological polar surface area (TPSA) is 66.8 Å². The number of carbonyl (C=O) groups excluding carboxylic acids is 1. The van der Waals surface area contributed by atoms with Gasteiger partial charge in [0.25, 0.3) is 0 Å². The van der Waals surface area contributed by atoms with Gasteiger partial charge in [0.05, 0.1) is 17.5 Å². The number of carbonyl (C=O) groups is 1. The molecule has 0 N–H and O–H groups in total. The molecule has 94 valence electrons. The van der Waals surface area contributed by atoms with Crippen molar-refractivity contribution in [2.75, 3.05) is 18.1 Å². The Morgan fingerprint density at radius 3 is 2.94 bits per heavy atom. The Labute approximate surface area is 105 Å². The van der Waals surface area contributed by atoms with Crippen LogP contribution in [-0.4, -0.2) is 53.7 Å². The summed E-state index contributed by atoms with van der Waals surface area (Å²) < 4.78 is 23.1. The summed E-state index contributed by atoms with van der Waals surface area (Å²) >= 11 is 1.39. The number of aliphatic imine (C=N–C) groups is 1. The van der Waals surface area contributed by atoms with Crippen molar-refractivity contribution < 1.29 is 13.2 Å². The second-order valence-corrected chi connectivity index (χ2v) is 7.52. The van der Waals surface area contributed by atoms with Crippen LogP contribution in [0.4, 0.5) is 0 Å². The van der Waals surface area contributed by atoms with E-state index in [1.807, 2.05) is 4.90 Å². The van der Waals surface area contributed by atoms with Crippen molar-refractivity contribution >= 4 is 32.7 Å². The van der Waals surface area contributed by atoms with Gasteiger partial charge in [0.1, 0.15) is 0 Å². The Kier molecular flexibility index (Phi) is 3.31. The Bertz CT molecular complexity index is 484. The van der Waals surface area contributed by atoms with Crippen LogP contribution in [0.5, 0.6) is 0 Å². The maximum atomic E-state index is 11.6. The molecule has 2 heterocycles. The average molecular weight is 274 g/mol. The van der Waals surface area contributed by atoms with Gasteiger partial charge in [-0.3, -0.25) is 4.79 Å². The van der Waals surface area contributed by atoms with Crippen molar-refractivity contribution in [2.45, 2.75) is 18.2 Å². The fraction of sp³-hybridized carbons (Fsp3) is 0.600. The molecule has 0 aromatic rings. The van der Waals surface area contributed by atoms with Crippen LogP contribution in [0.15, 0.2) is 17.6 Å². The summed E-state index contributed by atoms with van der Waals surface area (Å²) in [6, 6.07) is -0.0684. The minimum Gasteiger partial charge on any atom is -0.342 e. The lowest BCUT2D eigenvalue weighted by atomic mass is 10.2. The van der Waals surface area contributed by atoms with Crippen molar-refractivity contribution in [3.05, 3.63) is 12.7 Å². The molecule has 2 aliphatic rings. The lowest BCUT2D eigenvalue weighted by Gasteiger charge is -2.22. The molecule has 0 saturated carbocycles. The van der Waals surface area contributed by atoms with Crippen molar-refractivity contribution in [1.82, 2.24) is 4.90 Å². The van der Waals surface area contributed by atoms with Gasteiger partial charge in [-0.25, -0.2) is 8.42 Å². The number of nitrogens with zero attached hydrogens (tertiary/aromatic N) is 2. The quantitative estimate of drug-likeness (QED) is 0.677. The first-order chi connectivity index (χ1) is 7.93. The van der Waals surface area contributed by atoms with Crippen LogP contribution in [0, 0.1) is 0 Å². The normalized spacial score (nSPS) is 32.8. The van der Waals surface area contributed by atoms with Crippen LogP contribution in [0.1, 0.15) is 6.92 Å². The molecule has 1 amide bonds. The maximum Gasteiger partial charge on any atom is 0.244 e. The Morgan fingerprint density at radius 1 is 1.65 bits per heavy atom. The summed E-state index contributed by atoms with van der Waals surface area (Å²) in [6.45, 7) is 5.56. The second-order valence-electron chi connectivity index (χ2n) is 4.15. The lowest BCUT2D eigenvalue weighted by Crippen LogP contribution is -2.37. The number of amides is 1. The van der Waals surface area contributed by atoms with Crippen LogP contribution >= 0.6 is 11.8 Å². The summed E-state index contributed by atoms with van der Waals surface area (Å²) in [5, 5.41) is 0.625. The molecule has 2 aliphatic heterocycles. The molecular formula is C10H14N2O3S2. The van der Waals surface area contributed by atoms with Gasteiger partial charge < -0.3 is 4.90 Å². The lowest BCUT2D eigenvalue weighted by molar-refractivity contribution is -0.115. The molecule has 0 bridgehead atoms. The first kappa shape index (κ1) is 12.6. The molecule has 7 heteroatoms. The number of fused-ring (bicyclic) bond motifs is 1. The summed E-state index contributed by atoms with van der Waals surface area (Å²) in [5.41, 5.74) is 0. The smallest absolute Gasteiger partial charge is 0.244 e. The van der Waals surface area contributed by atoms with Crippen LogP contribution in [0.3, 0.4) is 0 Å². The maximum absolute atomic E-state index is 11.6. The van der Waals surface area contributed by atoms with Crippen molar-refractivity contribution in [3.63, 3.8) is 0 Å². The fourth-order valence-electron chi connectivity index (χ4n) is 2.12. The number of hydrogen-bond acceptors (Lipinski definition) is 4. The van der Waals surface area contributed by atoms with E-state index in [0.717, 1.165) is 0 Å². The zero-order valence-corrected chi connectivity index (χ0v) is 11.1. The second kappa shape index (κ2) is 4.45. The zero-order chi connectivity index (χ0) is 12.6. The molecule has 0 aromatic heterocycles. The standard InChI is InChI=1S/C10H14N2O3S2/c1-3-4-12-8-5-17(14,15)6-9(8)16-10(12)11-7(2)13/h3,8-9H,1,4-6H2,2H3/t8-,9-/m1/s1. The molecule has 2 rings (SSSR count). The first-order valence-corrected chi connectivity index (χ1v) is 7.97. The van der Waals surface area contributed by atoms with E-state index in [4.69, 9.17) is 0 Å². The highest BCUT2D eigenvalue weighted by atomic mass is 32.2. The highest BCUT2D eigenvalue weighted by Crippen LogP contribution is 2.37. The molecule has 17 heavy (non-hydrogen) atoms. The molecule has 2 atom stereocenters. The number of rotatable bonds is 2. The number of amidine groups is 1. The minimum atomic E-state index is -2.95. The predicted molar refractivity (Wildman–Crippen MR) is 68.8 cm³/mol. The van der Waals surface area contributed by atoms with E-state index >= 15 is 0 Å². The molecule has 0 aromatic carbocycles. The van der Waals surface area contributed by atoms with E-state index < -0.39 is 9.84 Å². The van der Waals surface area contributed by atoms with E-state index in [-0.39, 0.29) is 28.7 Å². The van der Waals surface area contributed by atoms with Crippen LogP contribution in [-0.2, 0) is 14.6 Å². The predicted octanol–water partition coefficient (Wildman–Crippen LogP) is 0.289. The summed E-state index contributed by atoms with van der Waals surface area (Å²) in [5.74, 6) is 0.0619. The highest BCUT2D eigenvalue weighted by molar-refractivity contribution is 8.15. The molecule has 0 aliphatic carbocycles. The van der Waals surface area contributed by atoms with Gasteiger partial charge in [0.15, 0.2) is 15.0 Å². The minimum absolute atomic E-state index is 0.00181. The van der Waals surface area contributed by atoms with Crippen molar-refractivity contribution in [2.24, 2.45) is 4.99 Å². The molecule has 0 radical (unpaired) electrons. The first-order valence-electron chi connectivity index (χ1n) is 5.27. The van der Waals surface area contributed by atoms with Gasteiger partial charge in [-0.2, -0.15) is 4.99 Å². The molecular weight excluding hydrogens is 260 g/mol. The fourth-order valence-corrected chi connectivity index (χ4v) is 6.13. The zero-order valence-electron chi connectivity index (χ0n) is 9.50. The third-order valence-electron chi connectivity index (χ3n) is 2.75. The monoisotopic (exact) mass is 274 g/mol. The molecule has 2 saturated heterocycles. The van der Waals surface area contributed by atoms with Gasteiger partial charge in [-0.1, -0.05) is 17.8 Å². The van der Waals surface area contributed by atoms with Crippen molar-refractivity contribution in [3.8, 4) is 0 Å². The third-order valence-corrected chi connectivity index (χ3v) is 6.00. The number of thioether (sulfide) groups is 1. The summed E-state index contributed by atoms with van der Waals surface area (Å²) in [7, 11) is -2.95. The van der Waals surface area contributed by atoms with Crippen molar-refractivity contribution in [1.29, 1.82) is 0 Å². The molecule has 5 nitrogen and oxygen atoms in total. The Balaban J connectivity index is 2.27. The van der Waals surface area contributed by atoms with Crippen LogP contribution < -0.4 is 0 Å². The highest BCUT2D eigenvalue weighted by Gasteiger charge is 2.48. The largest absolute Gasteiger partial charge is 0.342 e. The van der Waals surface area contributed by atoms with Gasteiger partial charge in [-0.05, 0) is 0 Å². The van der Waals surface area contributed by atoms with Crippen LogP contribution in [0.25, 0.3) is 0 Å². The van der Waals surface area contributed by atoms with Gasteiger partial charge >= 0.3 is 0 Å². The number of hydrogen-bond donors (Lipinski definition) is 0.